The van der Waals surface area contributed by atoms with Crippen LogP contribution >= 0.6 is 0 Å². The van der Waals surface area contributed by atoms with E-state index >= 15 is 0 Å². The second-order valence-corrected chi connectivity index (χ2v) is 4.55. The molecule has 0 aromatic heterocycles. The van der Waals surface area contributed by atoms with Crippen LogP contribution in [-0.2, 0) is 4.79 Å². The summed E-state index contributed by atoms with van der Waals surface area (Å²) in [6.07, 6.45) is 0. The van der Waals surface area contributed by atoms with Gasteiger partial charge in [-0.25, -0.2) is 0 Å². The Labute approximate surface area is 73.9 Å². The lowest BCUT2D eigenvalue weighted by atomic mass is 9.78. The highest BCUT2D eigenvalue weighted by molar-refractivity contribution is 5.79. The van der Waals surface area contributed by atoms with Crippen LogP contribution in [0.4, 0.5) is 0 Å². The van der Waals surface area contributed by atoms with Gasteiger partial charge in [0.1, 0.15) is 0 Å². The summed E-state index contributed by atoms with van der Waals surface area (Å²) >= 11 is 0. The van der Waals surface area contributed by atoms with Crippen molar-refractivity contribution in [1.82, 2.24) is 10.6 Å². The highest BCUT2D eigenvalue weighted by atomic mass is 16.2. The molecule has 1 fully saturated rings. The summed E-state index contributed by atoms with van der Waals surface area (Å²) < 4.78 is 0. The van der Waals surface area contributed by atoms with Gasteiger partial charge in [-0.15, -0.1) is 0 Å². The molecule has 2 unspecified atom stereocenters. The van der Waals surface area contributed by atoms with E-state index in [0.29, 0.717) is 6.67 Å². The maximum atomic E-state index is 11.3. The molecular weight excluding hydrogens is 152 g/mol. The molecule has 0 radical (unpaired) electrons. The molecule has 2 N–H and O–H groups in total. The fourth-order valence-corrected chi connectivity index (χ4v) is 1.79. The Hall–Kier alpha value is -0.570. The molecule has 3 nitrogen and oxygen atoms in total. The smallest absolute Gasteiger partial charge is 0.225 e. The average molecular weight is 170 g/mol. The summed E-state index contributed by atoms with van der Waals surface area (Å²) in [5.74, 6) is 0.229. The molecule has 1 saturated heterocycles. The normalized spacial score (nSPS) is 31.5. The zero-order valence-corrected chi connectivity index (χ0v) is 8.27. The molecule has 70 valence electrons. The molecule has 12 heavy (non-hydrogen) atoms. The molecule has 0 bridgehead atoms. The first-order valence-corrected chi connectivity index (χ1v) is 4.44. The van der Waals surface area contributed by atoms with Crippen molar-refractivity contribution in [3.8, 4) is 0 Å². The number of rotatable bonds is 0. The van der Waals surface area contributed by atoms with E-state index in [0.717, 1.165) is 0 Å². The van der Waals surface area contributed by atoms with Crippen LogP contribution in [0.3, 0.4) is 0 Å². The van der Waals surface area contributed by atoms with Gasteiger partial charge in [0, 0.05) is 6.04 Å². The van der Waals surface area contributed by atoms with Gasteiger partial charge in [-0.3, -0.25) is 10.1 Å². The standard InChI is InChI=1S/C9H18N2O/c1-6-7(9(2,3)4)10-5-11-8(6)12/h6-7,10H,5H2,1-4H3,(H,11,12). The Bertz CT molecular complexity index is 183. The maximum absolute atomic E-state index is 11.3. The lowest BCUT2D eigenvalue weighted by molar-refractivity contribution is -0.128. The molecule has 1 aliphatic heterocycles. The van der Waals surface area contributed by atoms with Crippen LogP contribution in [0, 0.1) is 11.3 Å². The number of amides is 1. The minimum atomic E-state index is 0.0683. The zero-order valence-electron chi connectivity index (χ0n) is 8.27. The Morgan fingerprint density at radius 1 is 1.42 bits per heavy atom. The second kappa shape index (κ2) is 3.05. The monoisotopic (exact) mass is 170 g/mol. The molecule has 2 atom stereocenters. The first-order valence-electron chi connectivity index (χ1n) is 4.44. The fourth-order valence-electron chi connectivity index (χ4n) is 1.79. The van der Waals surface area contributed by atoms with E-state index in [4.69, 9.17) is 0 Å². The van der Waals surface area contributed by atoms with Crippen LogP contribution in [0.15, 0.2) is 0 Å². The third kappa shape index (κ3) is 1.78. The molecule has 1 amide bonds. The van der Waals surface area contributed by atoms with Crippen LogP contribution in [0.25, 0.3) is 0 Å². The third-order valence-corrected chi connectivity index (χ3v) is 2.43. The SMILES string of the molecule is CC1C(=O)NCNC1C(C)(C)C. The number of carbonyl (C=O) groups is 1. The highest BCUT2D eigenvalue weighted by Gasteiger charge is 2.35. The number of hydrogen-bond donors (Lipinski definition) is 2. The quantitative estimate of drug-likeness (QED) is 0.562. The minimum Gasteiger partial charge on any atom is -0.343 e. The van der Waals surface area contributed by atoms with Gasteiger partial charge in [-0.1, -0.05) is 27.7 Å². The van der Waals surface area contributed by atoms with Gasteiger partial charge < -0.3 is 5.32 Å². The molecule has 0 aromatic carbocycles. The van der Waals surface area contributed by atoms with Crippen LogP contribution in [-0.4, -0.2) is 18.6 Å². The van der Waals surface area contributed by atoms with Gasteiger partial charge in [-0.2, -0.15) is 0 Å². The summed E-state index contributed by atoms with van der Waals surface area (Å²) in [5, 5.41) is 6.09. The lowest BCUT2D eigenvalue weighted by Gasteiger charge is -2.38. The summed E-state index contributed by atoms with van der Waals surface area (Å²) in [4.78, 5) is 11.3. The zero-order chi connectivity index (χ0) is 9.35. The van der Waals surface area contributed by atoms with E-state index in [1.165, 1.54) is 0 Å². The van der Waals surface area contributed by atoms with Crippen LogP contribution < -0.4 is 10.6 Å². The van der Waals surface area contributed by atoms with Gasteiger partial charge in [0.2, 0.25) is 5.91 Å². The lowest BCUT2D eigenvalue weighted by Crippen LogP contribution is -2.58. The van der Waals surface area contributed by atoms with Crippen LogP contribution in [0.5, 0.6) is 0 Å². The van der Waals surface area contributed by atoms with Crippen LogP contribution in [0.2, 0.25) is 0 Å². The van der Waals surface area contributed by atoms with Gasteiger partial charge >= 0.3 is 0 Å². The largest absolute Gasteiger partial charge is 0.343 e. The van der Waals surface area contributed by atoms with Crippen molar-refractivity contribution in [2.45, 2.75) is 33.7 Å². The molecule has 3 heteroatoms. The Balaban J connectivity index is 2.70. The first-order chi connectivity index (χ1) is 5.43. The van der Waals surface area contributed by atoms with Crippen molar-refractivity contribution >= 4 is 5.91 Å². The van der Waals surface area contributed by atoms with Crippen molar-refractivity contribution in [2.24, 2.45) is 11.3 Å². The summed E-state index contributed by atoms with van der Waals surface area (Å²) in [6.45, 7) is 9.03. The summed E-state index contributed by atoms with van der Waals surface area (Å²) in [6, 6.07) is 0.284. The third-order valence-electron chi connectivity index (χ3n) is 2.43. The van der Waals surface area contributed by atoms with Crippen LogP contribution in [0.1, 0.15) is 27.7 Å². The first kappa shape index (κ1) is 9.52. The molecular formula is C9H18N2O. The van der Waals surface area contributed by atoms with E-state index in [-0.39, 0.29) is 23.3 Å². The van der Waals surface area contributed by atoms with E-state index in [1.807, 2.05) is 6.92 Å². The second-order valence-electron chi connectivity index (χ2n) is 4.55. The van der Waals surface area contributed by atoms with Gasteiger partial charge in [0.15, 0.2) is 0 Å². The van der Waals surface area contributed by atoms with E-state index < -0.39 is 0 Å². The molecule has 0 saturated carbocycles. The van der Waals surface area contributed by atoms with Gasteiger partial charge in [-0.05, 0) is 5.41 Å². The molecule has 0 aliphatic carbocycles. The highest BCUT2D eigenvalue weighted by Crippen LogP contribution is 2.26. The summed E-state index contributed by atoms with van der Waals surface area (Å²) in [5.41, 5.74) is 0.150. The minimum absolute atomic E-state index is 0.0683. The summed E-state index contributed by atoms with van der Waals surface area (Å²) in [7, 11) is 0. The predicted octanol–water partition coefficient (Wildman–Crippen LogP) is 0.714. The fraction of sp³-hybridized carbons (Fsp3) is 0.889. The predicted molar refractivity (Wildman–Crippen MR) is 48.6 cm³/mol. The van der Waals surface area contributed by atoms with Crippen molar-refractivity contribution in [2.75, 3.05) is 6.67 Å². The molecule has 0 aromatic rings. The molecule has 1 aliphatic rings. The van der Waals surface area contributed by atoms with E-state index in [2.05, 4.69) is 31.4 Å². The number of nitrogens with one attached hydrogen (secondary N) is 2. The van der Waals surface area contributed by atoms with E-state index in [9.17, 15) is 4.79 Å². The Morgan fingerprint density at radius 3 is 2.42 bits per heavy atom. The number of hydrogen-bond acceptors (Lipinski definition) is 2. The molecule has 0 spiro atoms. The van der Waals surface area contributed by atoms with Crippen molar-refractivity contribution in [1.29, 1.82) is 0 Å². The average Bonchev–Trinajstić information content (AvgIpc) is 1.92. The molecule has 1 heterocycles. The van der Waals surface area contributed by atoms with Gasteiger partial charge in [0.05, 0.1) is 12.6 Å². The number of carbonyl (C=O) groups excluding carboxylic acids is 1. The molecule has 1 rings (SSSR count). The topological polar surface area (TPSA) is 41.1 Å². The van der Waals surface area contributed by atoms with Crippen molar-refractivity contribution in [3.05, 3.63) is 0 Å². The van der Waals surface area contributed by atoms with E-state index in [1.54, 1.807) is 0 Å². The maximum Gasteiger partial charge on any atom is 0.225 e. The Morgan fingerprint density at radius 2 is 2.00 bits per heavy atom. The van der Waals surface area contributed by atoms with Crippen molar-refractivity contribution < 1.29 is 4.79 Å². The van der Waals surface area contributed by atoms with Gasteiger partial charge in [0.25, 0.3) is 0 Å². The van der Waals surface area contributed by atoms with Crippen molar-refractivity contribution in [3.63, 3.8) is 0 Å². The Kier molecular flexibility index (Phi) is 2.42.